The number of nitrogens with one attached hydrogen (secondary N) is 1. The Morgan fingerprint density at radius 2 is 2.06 bits per heavy atom. The fourth-order valence-electron chi connectivity index (χ4n) is 2.75. The van der Waals surface area contributed by atoms with Crippen molar-refractivity contribution in [3.8, 4) is 0 Å². The van der Waals surface area contributed by atoms with Gasteiger partial charge in [0.05, 0.1) is 5.41 Å². The molecule has 1 atom stereocenters. The molecule has 1 saturated heterocycles. The molecule has 1 amide bonds. The van der Waals surface area contributed by atoms with Crippen molar-refractivity contribution in [3.63, 3.8) is 0 Å². The van der Waals surface area contributed by atoms with E-state index in [4.69, 9.17) is 0 Å². The summed E-state index contributed by atoms with van der Waals surface area (Å²) in [4.78, 5) is 23.2. The van der Waals surface area contributed by atoms with E-state index in [0.29, 0.717) is 12.8 Å². The number of carbonyl (C=O) groups is 2. The van der Waals surface area contributed by atoms with Gasteiger partial charge in [-0.2, -0.15) is 11.8 Å². The monoisotopic (exact) mass is 257 g/mol. The van der Waals surface area contributed by atoms with Crippen molar-refractivity contribution in [2.24, 2.45) is 5.41 Å². The molecule has 5 heteroatoms. The number of aliphatic carboxylic acids is 1. The molecule has 1 aliphatic heterocycles. The minimum absolute atomic E-state index is 0.0817. The highest BCUT2D eigenvalue weighted by Crippen LogP contribution is 2.41. The zero-order valence-corrected chi connectivity index (χ0v) is 10.7. The van der Waals surface area contributed by atoms with Crippen LogP contribution in [0.4, 0.5) is 0 Å². The first-order valence-electron chi connectivity index (χ1n) is 6.23. The second kappa shape index (κ2) is 5.29. The maximum absolute atomic E-state index is 11.9. The Morgan fingerprint density at radius 1 is 1.35 bits per heavy atom. The Kier molecular flexibility index (Phi) is 3.97. The highest BCUT2D eigenvalue weighted by molar-refractivity contribution is 7.99. The molecule has 2 fully saturated rings. The highest BCUT2D eigenvalue weighted by atomic mass is 32.2. The Morgan fingerprint density at radius 3 is 2.59 bits per heavy atom. The van der Waals surface area contributed by atoms with Gasteiger partial charge in [-0.3, -0.25) is 9.59 Å². The molecule has 1 heterocycles. The average molecular weight is 257 g/mol. The van der Waals surface area contributed by atoms with Crippen molar-refractivity contribution in [1.82, 2.24) is 5.32 Å². The lowest BCUT2D eigenvalue weighted by Gasteiger charge is -2.23. The molecule has 17 heavy (non-hydrogen) atoms. The number of carboxylic acids is 1. The molecule has 1 aliphatic carbocycles. The normalized spacial score (nSPS) is 26.9. The van der Waals surface area contributed by atoms with Crippen LogP contribution in [-0.2, 0) is 9.59 Å². The van der Waals surface area contributed by atoms with Crippen LogP contribution in [-0.4, -0.2) is 34.5 Å². The van der Waals surface area contributed by atoms with Crippen LogP contribution in [0.15, 0.2) is 0 Å². The minimum atomic E-state index is -0.800. The van der Waals surface area contributed by atoms with Crippen molar-refractivity contribution in [2.45, 2.75) is 44.6 Å². The predicted octanol–water partition coefficient (Wildman–Crippen LogP) is 1.64. The number of rotatable bonds is 4. The van der Waals surface area contributed by atoms with Gasteiger partial charge in [0, 0.05) is 18.2 Å². The van der Waals surface area contributed by atoms with Gasteiger partial charge in [-0.1, -0.05) is 12.8 Å². The molecule has 0 bridgehead atoms. The van der Waals surface area contributed by atoms with Crippen molar-refractivity contribution >= 4 is 23.6 Å². The standard InChI is InChI=1S/C12H19NO3S/c14-10(13-9-3-6-17-8-9)7-12(11(15)16)4-1-2-5-12/h9H,1-8H2,(H,13,14)(H,15,16). The van der Waals surface area contributed by atoms with Crippen LogP contribution in [0, 0.1) is 5.41 Å². The molecule has 0 aromatic carbocycles. The fraction of sp³-hybridized carbons (Fsp3) is 0.833. The van der Waals surface area contributed by atoms with Gasteiger partial charge in [0.2, 0.25) is 5.91 Å². The van der Waals surface area contributed by atoms with Gasteiger partial charge < -0.3 is 10.4 Å². The van der Waals surface area contributed by atoms with E-state index in [-0.39, 0.29) is 18.4 Å². The van der Waals surface area contributed by atoms with Crippen LogP contribution in [0.25, 0.3) is 0 Å². The van der Waals surface area contributed by atoms with Crippen molar-refractivity contribution in [2.75, 3.05) is 11.5 Å². The molecule has 96 valence electrons. The second-order valence-corrected chi connectivity index (χ2v) is 6.25. The summed E-state index contributed by atoms with van der Waals surface area (Å²) in [6.45, 7) is 0. The zero-order chi connectivity index (χ0) is 12.3. The topological polar surface area (TPSA) is 66.4 Å². The quantitative estimate of drug-likeness (QED) is 0.803. The molecule has 2 aliphatic rings. The molecule has 4 nitrogen and oxygen atoms in total. The van der Waals surface area contributed by atoms with E-state index >= 15 is 0 Å². The molecule has 1 saturated carbocycles. The van der Waals surface area contributed by atoms with Gasteiger partial charge in [0.1, 0.15) is 0 Å². The smallest absolute Gasteiger partial charge is 0.310 e. The lowest BCUT2D eigenvalue weighted by Crippen LogP contribution is -2.40. The first-order chi connectivity index (χ1) is 8.12. The largest absolute Gasteiger partial charge is 0.481 e. The summed E-state index contributed by atoms with van der Waals surface area (Å²) >= 11 is 1.84. The summed E-state index contributed by atoms with van der Waals surface area (Å²) in [5, 5.41) is 12.3. The van der Waals surface area contributed by atoms with Crippen LogP contribution in [0.5, 0.6) is 0 Å². The molecule has 0 aromatic rings. The highest BCUT2D eigenvalue weighted by Gasteiger charge is 2.43. The molecule has 0 aromatic heterocycles. The van der Waals surface area contributed by atoms with E-state index in [1.165, 1.54) is 0 Å². The molecule has 2 rings (SSSR count). The Hall–Kier alpha value is -0.710. The minimum Gasteiger partial charge on any atom is -0.481 e. The molecule has 0 radical (unpaired) electrons. The summed E-state index contributed by atoms with van der Waals surface area (Å²) in [6.07, 6.45) is 4.32. The lowest BCUT2D eigenvalue weighted by atomic mass is 9.82. The first-order valence-corrected chi connectivity index (χ1v) is 7.38. The number of hydrogen-bond acceptors (Lipinski definition) is 3. The van der Waals surface area contributed by atoms with Gasteiger partial charge in [0.25, 0.3) is 0 Å². The van der Waals surface area contributed by atoms with Gasteiger partial charge in [-0.05, 0) is 25.0 Å². The fourth-order valence-corrected chi connectivity index (χ4v) is 3.90. The number of thioether (sulfide) groups is 1. The van der Waals surface area contributed by atoms with Gasteiger partial charge in [-0.15, -0.1) is 0 Å². The Bertz CT molecular complexity index is 307. The third-order valence-corrected chi connectivity index (χ3v) is 4.97. The number of carbonyl (C=O) groups excluding carboxylic acids is 1. The zero-order valence-electron chi connectivity index (χ0n) is 9.91. The van der Waals surface area contributed by atoms with Gasteiger partial charge in [0.15, 0.2) is 0 Å². The van der Waals surface area contributed by atoms with E-state index < -0.39 is 11.4 Å². The van der Waals surface area contributed by atoms with Crippen LogP contribution in [0.2, 0.25) is 0 Å². The van der Waals surface area contributed by atoms with Crippen LogP contribution in [0.3, 0.4) is 0 Å². The summed E-state index contributed by atoms with van der Waals surface area (Å²) in [7, 11) is 0. The van der Waals surface area contributed by atoms with Gasteiger partial charge >= 0.3 is 5.97 Å². The van der Waals surface area contributed by atoms with Crippen molar-refractivity contribution < 1.29 is 14.7 Å². The third kappa shape index (κ3) is 2.94. The summed E-state index contributed by atoms with van der Waals surface area (Å²) in [6, 6.07) is 0.250. The van der Waals surface area contributed by atoms with E-state index in [9.17, 15) is 14.7 Å². The predicted molar refractivity (Wildman–Crippen MR) is 67.0 cm³/mol. The molecule has 2 N–H and O–H groups in total. The maximum Gasteiger partial charge on any atom is 0.310 e. The van der Waals surface area contributed by atoms with E-state index in [0.717, 1.165) is 30.8 Å². The van der Waals surface area contributed by atoms with E-state index in [1.807, 2.05) is 11.8 Å². The van der Waals surface area contributed by atoms with Gasteiger partial charge in [-0.25, -0.2) is 0 Å². The Labute approximate surface area is 106 Å². The Balaban J connectivity index is 1.89. The maximum atomic E-state index is 11.9. The number of carboxylic acid groups (broad SMARTS) is 1. The van der Waals surface area contributed by atoms with Crippen LogP contribution < -0.4 is 5.32 Å². The van der Waals surface area contributed by atoms with E-state index in [2.05, 4.69) is 5.32 Å². The first kappa shape index (κ1) is 12.7. The third-order valence-electron chi connectivity index (χ3n) is 3.81. The SMILES string of the molecule is O=C(CC1(C(=O)O)CCCC1)NC1CCSC1. The van der Waals surface area contributed by atoms with Crippen LogP contribution in [0.1, 0.15) is 38.5 Å². The summed E-state index contributed by atoms with van der Waals surface area (Å²) in [5.41, 5.74) is -0.782. The summed E-state index contributed by atoms with van der Waals surface area (Å²) < 4.78 is 0. The summed E-state index contributed by atoms with van der Waals surface area (Å²) in [5.74, 6) is 1.17. The van der Waals surface area contributed by atoms with Crippen LogP contribution >= 0.6 is 11.8 Å². The van der Waals surface area contributed by atoms with Crippen molar-refractivity contribution in [1.29, 1.82) is 0 Å². The molecule has 1 unspecified atom stereocenters. The average Bonchev–Trinajstić information content (AvgIpc) is 2.89. The van der Waals surface area contributed by atoms with E-state index in [1.54, 1.807) is 0 Å². The second-order valence-electron chi connectivity index (χ2n) is 5.10. The number of amides is 1. The lowest BCUT2D eigenvalue weighted by molar-refractivity contribution is -0.151. The molecular weight excluding hydrogens is 238 g/mol. The van der Waals surface area contributed by atoms with Crippen molar-refractivity contribution in [3.05, 3.63) is 0 Å². The molecule has 0 spiro atoms. The number of hydrogen-bond donors (Lipinski definition) is 2. The molecular formula is C12H19NO3S.